The second kappa shape index (κ2) is 6.63. The molecule has 0 spiro atoms. The summed E-state index contributed by atoms with van der Waals surface area (Å²) in [5.41, 5.74) is 0.953. The Morgan fingerprint density at radius 3 is 2.09 bits per heavy atom. The molecule has 22 heavy (non-hydrogen) atoms. The van der Waals surface area contributed by atoms with Crippen LogP contribution in [-0.2, 0) is 11.2 Å². The predicted molar refractivity (Wildman–Crippen MR) is 82.0 cm³/mol. The summed E-state index contributed by atoms with van der Waals surface area (Å²) in [6, 6.07) is 14.7. The third kappa shape index (κ3) is 3.35. The van der Waals surface area contributed by atoms with E-state index < -0.39 is 17.5 Å². The quantitative estimate of drug-likeness (QED) is 0.505. The number of Topliss-reactive ketones (excluding diaryl/α,β-unsaturated/α-hetero) is 2. The highest BCUT2D eigenvalue weighted by Gasteiger charge is 2.21. The third-order valence-corrected chi connectivity index (χ3v) is 3.21. The number of hydrogen-bond acceptors (Lipinski definition) is 3. The average Bonchev–Trinajstić information content (AvgIpc) is 2.54. The SMILES string of the molecule is C=C(Cc1ccccc1C(=O)C(=O)c1ccccc1)C(=O)O. The van der Waals surface area contributed by atoms with Gasteiger partial charge in [0.15, 0.2) is 0 Å². The molecule has 0 heterocycles. The van der Waals surface area contributed by atoms with Crippen LogP contribution in [0.2, 0.25) is 0 Å². The fraction of sp³-hybridized carbons (Fsp3) is 0.0556. The molecule has 0 aromatic heterocycles. The molecule has 0 amide bonds. The highest BCUT2D eigenvalue weighted by molar-refractivity contribution is 6.49. The van der Waals surface area contributed by atoms with Gasteiger partial charge in [-0.25, -0.2) is 4.79 Å². The van der Waals surface area contributed by atoms with Crippen molar-refractivity contribution in [1.29, 1.82) is 0 Å². The van der Waals surface area contributed by atoms with E-state index in [2.05, 4.69) is 6.58 Å². The van der Waals surface area contributed by atoms with Crippen LogP contribution in [0.25, 0.3) is 0 Å². The van der Waals surface area contributed by atoms with Crippen molar-refractivity contribution >= 4 is 17.5 Å². The normalized spacial score (nSPS) is 10.0. The van der Waals surface area contributed by atoms with Crippen molar-refractivity contribution < 1.29 is 19.5 Å². The van der Waals surface area contributed by atoms with Crippen LogP contribution in [0.4, 0.5) is 0 Å². The Morgan fingerprint density at radius 1 is 0.864 bits per heavy atom. The van der Waals surface area contributed by atoms with Crippen LogP contribution < -0.4 is 0 Å². The van der Waals surface area contributed by atoms with E-state index in [-0.39, 0.29) is 17.6 Å². The first kappa shape index (κ1) is 15.4. The number of aliphatic carboxylic acids is 1. The molecule has 0 fully saturated rings. The molecular weight excluding hydrogens is 280 g/mol. The summed E-state index contributed by atoms with van der Waals surface area (Å²) in [5, 5.41) is 8.91. The second-order valence-corrected chi connectivity index (χ2v) is 4.77. The fourth-order valence-corrected chi connectivity index (χ4v) is 2.04. The molecule has 0 unspecified atom stereocenters. The van der Waals surface area contributed by atoms with Crippen molar-refractivity contribution in [3.63, 3.8) is 0 Å². The van der Waals surface area contributed by atoms with Gasteiger partial charge in [-0.2, -0.15) is 0 Å². The van der Waals surface area contributed by atoms with Crippen molar-refractivity contribution in [2.75, 3.05) is 0 Å². The van der Waals surface area contributed by atoms with Crippen molar-refractivity contribution in [1.82, 2.24) is 0 Å². The molecule has 0 aliphatic heterocycles. The Hall–Kier alpha value is -3.01. The molecular formula is C18H14O4. The first-order valence-corrected chi connectivity index (χ1v) is 6.63. The monoisotopic (exact) mass is 294 g/mol. The van der Waals surface area contributed by atoms with Crippen LogP contribution in [-0.4, -0.2) is 22.6 Å². The summed E-state index contributed by atoms with van der Waals surface area (Å²) in [5.74, 6) is -2.40. The van der Waals surface area contributed by atoms with Gasteiger partial charge >= 0.3 is 5.97 Å². The Morgan fingerprint density at radius 2 is 1.45 bits per heavy atom. The smallest absolute Gasteiger partial charge is 0.331 e. The summed E-state index contributed by atoms with van der Waals surface area (Å²) in [6.07, 6.45) is 0.0132. The van der Waals surface area contributed by atoms with Crippen molar-refractivity contribution in [2.45, 2.75) is 6.42 Å². The van der Waals surface area contributed by atoms with Gasteiger partial charge in [0.1, 0.15) is 0 Å². The van der Waals surface area contributed by atoms with Gasteiger partial charge in [0.05, 0.1) is 0 Å². The van der Waals surface area contributed by atoms with E-state index >= 15 is 0 Å². The molecule has 0 bridgehead atoms. The van der Waals surface area contributed by atoms with Crippen LogP contribution >= 0.6 is 0 Å². The number of carboxylic acids is 1. The fourth-order valence-electron chi connectivity index (χ4n) is 2.04. The van der Waals surface area contributed by atoms with Gasteiger partial charge in [0.25, 0.3) is 0 Å². The molecule has 4 nitrogen and oxygen atoms in total. The number of ketones is 2. The van der Waals surface area contributed by atoms with Gasteiger partial charge in [0, 0.05) is 23.1 Å². The maximum Gasteiger partial charge on any atom is 0.331 e. The number of carbonyl (C=O) groups excluding carboxylic acids is 2. The maximum absolute atomic E-state index is 12.4. The third-order valence-electron chi connectivity index (χ3n) is 3.21. The van der Waals surface area contributed by atoms with Crippen LogP contribution in [0.5, 0.6) is 0 Å². The Balaban J connectivity index is 2.32. The van der Waals surface area contributed by atoms with E-state index in [1.54, 1.807) is 48.5 Å². The summed E-state index contributed by atoms with van der Waals surface area (Å²) in [6.45, 7) is 3.46. The lowest BCUT2D eigenvalue weighted by Gasteiger charge is -2.08. The van der Waals surface area contributed by atoms with Crippen molar-refractivity contribution in [2.24, 2.45) is 0 Å². The molecule has 0 atom stereocenters. The van der Waals surface area contributed by atoms with E-state index in [9.17, 15) is 14.4 Å². The zero-order chi connectivity index (χ0) is 16.1. The van der Waals surface area contributed by atoms with Crippen molar-refractivity contribution in [3.05, 3.63) is 83.4 Å². The van der Waals surface area contributed by atoms with Gasteiger partial charge in [0.2, 0.25) is 11.6 Å². The number of benzene rings is 2. The summed E-state index contributed by atoms with van der Waals surface area (Å²) < 4.78 is 0. The van der Waals surface area contributed by atoms with Crippen molar-refractivity contribution in [3.8, 4) is 0 Å². The summed E-state index contributed by atoms with van der Waals surface area (Å²) in [7, 11) is 0. The summed E-state index contributed by atoms with van der Waals surface area (Å²) in [4.78, 5) is 35.5. The minimum atomic E-state index is -1.13. The molecule has 0 aliphatic rings. The second-order valence-electron chi connectivity index (χ2n) is 4.77. The molecule has 0 aliphatic carbocycles. The molecule has 2 aromatic rings. The Kier molecular flexibility index (Phi) is 4.63. The highest BCUT2D eigenvalue weighted by Crippen LogP contribution is 2.16. The van der Waals surface area contributed by atoms with Crippen LogP contribution in [0.1, 0.15) is 26.3 Å². The van der Waals surface area contributed by atoms with Crippen LogP contribution in [0.3, 0.4) is 0 Å². The lowest BCUT2D eigenvalue weighted by Crippen LogP contribution is -2.17. The largest absolute Gasteiger partial charge is 0.478 e. The molecule has 1 N–H and O–H groups in total. The Bertz CT molecular complexity index is 745. The lowest BCUT2D eigenvalue weighted by molar-refractivity contribution is -0.132. The predicted octanol–water partition coefficient (Wildman–Crippen LogP) is 2.94. The van der Waals surface area contributed by atoms with Gasteiger partial charge in [-0.3, -0.25) is 9.59 Å². The molecule has 0 radical (unpaired) electrons. The topological polar surface area (TPSA) is 71.4 Å². The molecule has 2 rings (SSSR count). The minimum absolute atomic E-state index is 0.0132. The van der Waals surface area contributed by atoms with E-state index in [4.69, 9.17) is 5.11 Å². The van der Waals surface area contributed by atoms with E-state index in [1.165, 1.54) is 6.07 Å². The zero-order valence-corrected chi connectivity index (χ0v) is 11.8. The number of carbonyl (C=O) groups is 3. The maximum atomic E-state index is 12.4. The first-order chi connectivity index (χ1) is 10.5. The number of rotatable bonds is 6. The van der Waals surface area contributed by atoms with E-state index in [0.717, 1.165) is 0 Å². The number of carboxylic acid groups (broad SMARTS) is 1. The Labute approximate surface area is 127 Å². The van der Waals surface area contributed by atoms with Crippen LogP contribution in [0, 0.1) is 0 Å². The standard InChI is InChI=1S/C18H14O4/c1-12(18(21)22)11-14-9-5-6-10-15(14)17(20)16(19)13-7-3-2-4-8-13/h2-10H,1,11H2,(H,21,22). The van der Waals surface area contributed by atoms with Crippen LogP contribution in [0.15, 0.2) is 66.7 Å². The van der Waals surface area contributed by atoms with Gasteiger partial charge in [-0.1, -0.05) is 61.2 Å². The lowest BCUT2D eigenvalue weighted by atomic mass is 9.94. The first-order valence-electron chi connectivity index (χ1n) is 6.63. The average molecular weight is 294 g/mol. The van der Waals surface area contributed by atoms with Gasteiger partial charge in [-0.15, -0.1) is 0 Å². The zero-order valence-electron chi connectivity index (χ0n) is 11.8. The van der Waals surface area contributed by atoms with E-state index in [1.807, 2.05) is 0 Å². The molecule has 0 saturated heterocycles. The van der Waals surface area contributed by atoms with E-state index in [0.29, 0.717) is 11.1 Å². The van der Waals surface area contributed by atoms with Gasteiger partial charge in [-0.05, 0) is 5.56 Å². The number of hydrogen-bond donors (Lipinski definition) is 1. The molecule has 0 saturated carbocycles. The molecule has 2 aromatic carbocycles. The minimum Gasteiger partial charge on any atom is -0.478 e. The molecule has 4 heteroatoms. The molecule has 110 valence electrons. The summed E-state index contributed by atoms with van der Waals surface area (Å²) >= 11 is 0. The highest BCUT2D eigenvalue weighted by atomic mass is 16.4. The van der Waals surface area contributed by atoms with Gasteiger partial charge < -0.3 is 5.11 Å².